The Morgan fingerprint density at radius 1 is 1.12 bits per heavy atom. The zero-order chi connectivity index (χ0) is 12.3. The smallest absolute Gasteiger partial charge is 0.0572 e. The number of rotatable bonds is 2. The van der Waals surface area contributed by atoms with Gasteiger partial charge < -0.3 is 5.21 Å². The van der Waals surface area contributed by atoms with Crippen LogP contribution in [0.5, 0.6) is 0 Å². The summed E-state index contributed by atoms with van der Waals surface area (Å²) in [5.74, 6) is 0. The second-order valence-corrected chi connectivity index (χ2v) is 4.96. The van der Waals surface area contributed by atoms with Crippen molar-refractivity contribution < 1.29 is 5.21 Å². The lowest BCUT2D eigenvalue weighted by Gasteiger charge is -2.43. The molecule has 0 aliphatic heterocycles. The summed E-state index contributed by atoms with van der Waals surface area (Å²) >= 11 is 0. The second kappa shape index (κ2) is 4.88. The second-order valence-electron chi connectivity index (χ2n) is 4.96. The summed E-state index contributed by atoms with van der Waals surface area (Å²) in [6, 6.07) is 10.6. The number of hydrogen-bond donors (Lipinski definition) is 1. The summed E-state index contributed by atoms with van der Waals surface area (Å²) < 4.78 is 0. The number of benzene rings is 1. The van der Waals surface area contributed by atoms with Gasteiger partial charge in [0.2, 0.25) is 0 Å². The lowest BCUT2D eigenvalue weighted by Crippen LogP contribution is -2.44. The fourth-order valence-corrected chi connectivity index (χ4v) is 2.79. The van der Waals surface area contributed by atoms with E-state index in [0.717, 1.165) is 31.4 Å². The van der Waals surface area contributed by atoms with E-state index >= 15 is 0 Å². The zero-order valence-corrected chi connectivity index (χ0v) is 10.6. The molecule has 0 heterocycles. The average molecular weight is 232 g/mol. The number of oxime groups is 1. The molecule has 1 saturated carbocycles. The van der Waals surface area contributed by atoms with E-state index in [2.05, 4.69) is 54.5 Å². The zero-order valence-electron chi connectivity index (χ0n) is 10.6. The summed E-state index contributed by atoms with van der Waals surface area (Å²) in [6.45, 7) is 0. The molecule has 0 radical (unpaired) electrons. The maximum Gasteiger partial charge on any atom is 0.0572 e. The third-order valence-corrected chi connectivity index (χ3v) is 3.96. The van der Waals surface area contributed by atoms with Gasteiger partial charge in [-0.15, -0.1) is 0 Å². The van der Waals surface area contributed by atoms with Gasteiger partial charge in [-0.05, 0) is 45.3 Å². The molecule has 1 aromatic rings. The van der Waals surface area contributed by atoms with Crippen molar-refractivity contribution in [2.24, 2.45) is 5.16 Å². The molecule has 0 aromatic heterocycles. The fraction of sp³-hybridized carbons (Fsp3) is 0.500. The Morgan fingerprint density at radius 3 is 2.18 bits per heavy atom. The van der Waals surface area contributed by atoms with Crippen molar-refractivity contribution in [3.05, 3.63) is 35.9 Å². The van der Waals surface area contributed by atoms with Crippen LogP contribution in [-0.4, -0.2) is 29.9 Å². The first-order valence-corrected chi connectivity index (χ1v) is 6.12. The summed E-state index contributed by atoms with van der Waals surface area (Å²) in [7, 11) is 4.27. The quantitative estimate of drug-likeness (QED) is 0.628. The van der Waals surface area contributed by atoms with Gasteiger partial charge in [-0.25, -0.2) is 0 Å². The van der Waals surface area contributed by atoms with Gasteiger partial charge in [0.1, 0.15) is 0 Å². The largest absolute Gasteiger partial charge is 0.411 e. The van der Waals surface area contributed by atoms with Crippen molar-refractivity contribution in [3.8, 4) is 0 Å². The van der Waals surface area contributed by atoms with Gasteiger partial charge in [-0.3, -0.25) is 4.90 Å². The standard InChI is InChI=1S/C14H20N2O/c1-16(2)14(12-6-4-3-5-7-12)10-8-13(15-17)9-11-14/h3-7,17H,8-11H2,1-2H3. The van der Waals surface area contributed by atoms with Gasteiger partial charge in [0.15, 0.2) is 0 Å². The van der Waals surface area contributed by atoms with E-state index in [9.17, 15) is 0 Å². The molecule has 1 aliphatic rings. The summed E-state index contributed by atoms with van der Waals surface area (Å²) in [5, 5.41) is 12.2. The molecule has 1 aromatic carbocycles. The highest BCUT2D eigenvalue weighted by Gasteiger charge is 2.37. The van der Waals surface area contributed by atoms with Crippen LogP contribution in [-0.2, 0) is 5.54 Å². The van der Waals surface area contributed by atoms with Crippen LogP contribution in [0.1, 0.15) is 31.2 Å². The number of hydrogen-bond acceptors (Lipinski definition) is 3. The van der Waals surface area contributed by atoms with E-state index < -0.39 is 0 Å². The van der Waals surface area contributed by atoms with E-state index in [-0.39, 0.29) is 5.54 Å². The molecular weight excluding hydrogens is 212 g/mol. The molecule has 92 valence electrons. The van der Waals surface area contributed by atoms with E-state index in [4.69, 9.17) is 5.21 Å². The normalized spacial score (nSPS) is 25.0. The first kappa shape index (κ1) is 12.1. The Kier molecular flexibility index (Phi) is 3.48. The Bertz CT molecular complexity index is 388. The van der Waals surface area contributed by atoms with Gasteiger partial charge in [-0.1, -0.05) is 35.5 Å². The van der Waals surface area contributed by atoms with Crippen molar-refractivity contribution in [1.82, 2.24) is 4.90 Å². The molecule has 3 nitrogen and oxygen atoms in total. The predicted octanol–water partition coefficient (Wildman–Crippen LogP) is 2.85. The van der Waals surface area contributed by atoms with E-state index in [1.807, 2.05) is 0 Å². The SMILES string of the molecule is CN(C)C1(c2ccccc2)CCC(=NO)CC1. The molecule has 17 heavy (non-hydrogen) atoms. The Morgan fingerprint density at radius 2 is 1.71 bits per heavy atom. The van der Waals surface area contributed by atoms with Gasteiger partial charge >= 0.3 is 0 Å². The Labute approximate surface area is 103 Å². The number of nitrogens with zero attached hydrogens (tertiary/aromatic N) is 2. The maximum atomic E-state index is 8.84. The van der Waals surface area contributed by atoms with Crippen LogP contribution in [0.15, 0.2) is 35.5 Å². The van der Waals surface area contributed by atoms with Crippen molar-refractivity contribution in [1.29, 1.82) is 0 Å². The minimum atomic E-state index is 0.0927. The topological polar surface area (TPSA) is 35.8 Å². The van der Waals surface area contributed by atoms with Crippen LogP contribution < -0.4 is 0 Å². The Balaban J connectivity index is 2.30. The minimum absolute atomic E-state index is 0.0927. The molecule has 0 spiro atoms. The van der Waals surface area contributed by atoms with Gasteiger partial charge in [0, 0.05) is 5.54 Å². The van der Waals surface area contributed by atoms with Crippen molar-refractivity contribution in [2.75, 3.05) is 14.1 Å². The summed E-state index contributed by atoms with van der Waals surface area (Å²) in [6.07, 6.45) is 3.79. The minimum Gasteiger partial charge on any atom is -0.411 e. The highest BCUT2D eigenvalue weighted by molar-refractivity contribution is 5.85. The van der Waals surface area contributed by atoms with E-state index in [0.29, 0.717) is 0 Å². The molecular formula is C14H20N2O. The highest BCUT2D eigenvalue weighted by Crippen LogP contribution is 2.39. The molecule has 3 heteroatoms. The van der Waals surface area contributed by atoms with Gasteiger partial charge in [-0.2, -0.15) is 0 Å². The molecule has 0 amide bonds. The van der Waals surface area contributed by atoms with Gasteiger partial charge in [0.25, 0.3) is 0 Å². The van der Waals surface area contributed by atoms with E-state index in [1.165, 1.54) is 5.56 Å². The van der Waals surface area contributed by atoms with Crippen LogP contribution in [0.3, 0.4) is 0 Å². The van der Waals surface area contributed by atoms with E-state index in [1.54, 1.807) is 0 Å². The molecule has 1 N–H and O–H groups in total. The highest BCUT2D eigenvalue weighted by atomic mass is 16.4. The molecule has 0 saturated heterocycles. The van der Waals surface area contributed by atoms with Gasteiger partial charge in [0.05, 0.1) is 5.71 Å². The lowest BCUT2D eigenvalue weighted by atomic mass is 9.75. The van der Waals surface area contributed by atoms with Crippen molar-refractivity contribution in [3.63, 3.8) is 0 Å². The third-order valence-electron chi connectivity index (χ3n) is 3.96. The Hall–Kier alpha value is -1.35. The van der Waals surface area contributed by atoms with Crippen LogP contribution in [0.4, 0.5) is 0 Å². The summed E-state index contributed by atoms with van der Waals surface area (Å²) in [4.78, 5) is 2.30. The summed E-state index contributed by atoms with van der Waals surface area (Å²) in [5.41, 5.74) is 2.38. The van der Waals surface area contributed by atoms with Crippen molar-refractivity contribution in [2.45, 2.75) is 31.2 Å². The predicted molar refractivity (Wildman–Crippen MR) is 69.5 cm³/mol. The molecule has 2 rings (SSSR count). The van der Waals surface area contributed by atoms with Crippen LogP contribution in [0, 0.1) is 0 Å². The van der Waals surface area contributed by atoms with Crippen LogP contribution >= 0.6 is 0 Å². The molecule has 1 aliphatic carbocycles. The van der Waals surface area contributed by atoms with Crippen LogP contribution in [0.2, 0.25) is 0 Å². The van der Waals surface area contributed by atoms with Crippen LogP contribution in [0.25, 0.3) is 0 Å². The molecule has 0 unspecified atom stereocenters. The first-order valence-electron chi connectivity index (χ1n) is 6.12. The maximum absolute atomic E-state index is 8.84. The molecule has 0 bridgehead atoms. The molecule has 1 fully saturated rings. The lowest BCUT2D eigenvalue weighted by molar-refractivity contribution is 0.121. The average Bonchev–Trinajstić information content (AvgIpc) is 2.39. The third kappa shape index (κ3) is 2.20. The molecule has 0 atom stereocenters. The van der Waals surface area contributed by atoms with Crippen molar-refractivity contribution >= 4 is 5.71 Å². The fourth-order valence-electron chi connectivity index (χ4n) is 2.79. The monoisotopic (exact) mass is 232 g/mol. The first-order chi connectivity index (χ1) is 8.19.